The Labute approximate surface area is 176 Å². The smallest absolute Gasteiger partial charge is 0.254 e. The van der Waals surface area contributed by atoms with Gasteiger partial charge in [0.1, 0.15) is 0 Å². The van der Waals surface area contributed by atoms with Crippen molar-refractivity contribution in [2.75, 3.05) is 39.3 Å². The van der Waals surface area contributed by atoms with Crippen LogP contribution >= 0.6 is 0 Å². The van der Waals surface area contributed by atoms with Crippen molar-refractivity contribution in [1.82, 2.24) is 14.7 Å². The van der Waals surface area contributed by atoms with E-state index in [1.165, 1.54) is 88.7 Å². The molecule has 3 aliphatic heterocycles. The molecule has 158 valence electrons. The first-order valence-electron chi connectivity index (χ1n) is 12.2. The summed E-state index contributed by atoms with van der Waals surface area (Å²) in [5, 5.41) is 0. The van der Waals surface area contributed by atoms with Crippen LogP contribution in [0.25, 0.3) is 0 Å². The van der Waals surface area contributed by atoms with Crippen molar-refractivity contribution in [1.29, 1.82) is 0 Å². The third-order valence-corrected chi connectivity index (χ3v) is 7.87. The standard InChI is InChI=1S/C25H37N3O/c29-25(28-16-6-7-24(28)19-26-12-4-5-13-26)22-9-8-21-18-23(11-10-20(21)17-22)27-14-2-1-3-15-27/h8-9,17,23-24H,1-7,10-16,18-19H2/t23?,24-/m0/s1. The molecule has 5 rings (SSSR count). The van der Waals surface area contributed by atoms with Crippen LogP contribution in [0, 0.1) is 0 Å². The molecule has 0 N–H and O–H groups in total. The number of carbonyl (C=O) groups excluding carboxylic acids is 1. The Morgan fingerprint density at radius 2 is 1.66 bits per heavy atom. The molecule has 3 fully saturated rings. The van der Waals surface area contributed by atoms with Gasteiger partial charge in [0.05, 0.1) is 0 Å². The maximum atomic E-state index is 13.3. The van der Waals surface area contributed by atoms with Gasteiger partial charge in [0.2, 0.25) is 0 Å². The monoisotopic (exact) mass is 395 g/mol. The zero-order valence-electron chi connectivity index (χ0n) is 18.0. The molecular weight excluding hydrogens is 358 g/mol. The fourth-order valence-corrected chi connectivity index (χ4v) is 6.19. The van der Waals surface area contributed by atoms with E-state index in [0.717, 1.165) is 31.5 Å². The van der Waals surface area contributed by atoms with Crippen LogP contribution in [0.2, 0.25) is 0 Å². The minimum atomic E-state index is 0.271. The Bertz CT molecular complexity index is 721. The van der Waals surface area contributed by atoms with E-state index in [1.807, 2.05) is 0 Å². The van der Waals surface area contributed by atoms with Gasteiger partial charge in [0.25, 0.3) is 5.91 Å². The van der Waals surface area contributed by atoms with Crippen molar-refractivity contribution in [2.45, 2.75) is 76.3 Å². The number of fused-ring (bicyclic) bond motifs is 1. The predicted molar refractivity (Wildman–Crippen MR) is 117 cm³/mol. The number of hydrogen-bond donors (Lipinski definition) is 0. The number of nitrogens with zero attached hydrogens (tertiary/aromatic N) is 3. The molecule has 0 aromatic heterocycles. The minimum Gasteiger partial charge on any atom is -0.334 e. The van der Waals surface area contributed by atoms with Gasteiger partial charge in [-0.05, 0) is 107 Å². The van der Waals surface area contributed by atoms with Crippen molar-refractivity contribution in [3.63, 3.8) is 0 Å². The van der Waals surface area contributed by atoms with Crippen LogP contribution in [0.1, 0.15) is 72.9 Å². The zero-order chi connectivity index (χ0) is 19.6. The molecule has 1 amide bonds. The summed E-state index contributed by atoms with van der Waals surface area (Å²) in [6, 6.07) is 7.75. The van der Waals surface area contributed by atoms with Crippen molar-refractivity contribution in [3.8, 4) is 0 Å². The highest BCUT2D eigenvalue weighted by Crippen LogP contribution is 2.29. The summed E-state index contributed by atoms with van der Waals surface area (Å²) < 4.78 is 0. The van der Waals surface area contributed by atoms with Gasteiger partial charge in [-0.3, -0.25) is 4.79 Å². The number of hydrogen-bond acceptors (Lipinski definition) is 3. The Morgan fingerprint density at radius 1 is 0.862 bits per heavy atom. The summed E-state index contributed by atoms with van der Waals surface area (Å²) in [4.78, 5) is 20.8. The van der Waals surface area contributed by atoms with E-state index in [9.17, 15) is 4.79 Å². The lowest BCUT2D eigenvalue weighted by atomic mass is 9.85. The van der Waals surface area contributed by atoms with Crippen LogP contribution in [0.15, 0.2) is 18.2 Å². The molecule has 0 bridgehead atoms. The molecule has 2 atom stereocenters. The van der Waals surface area contributed by atoms with Crippen LogP contribution in [0.3, 0.4) is 0 Å². The Kier molecular flexibility index (Phi) is 5.92. The van der Waals surface area contributed by atoms with Crippen LogP contribution in [0.5, 0.6) is 0 Å². The van der Waals surface area contributed by atoms with E-state index in [4.69, 9.17) is 0 Å². The fourth-order valence-electron chi connectivity index (χ4n) is 6.19. The lowest BCUT2D eigenvalue weighted by Crippen LogP contribution is -2.43. The molecule has 4 nitrogen and oxygen atoms in total. The summed E-state index contributed by atoms with van der Waals surface area (Å²) in [5.74, 6) is 0.271. The molecule has 0 radical (unpaired) electrons. The van der Waals surface area contributed by atoms with E-state index < -0.39 is 0 Å². The molecule has 0 spiro atoms. The highest BCUT2D eigenvalue weighted by atomic mass is 16.2. The molecule has 1 aromatic rings. The van der Waals surface area contributed by atoms with Gasteiger partial charge in [-0.1, -0.05) is 12.5 Å². The SMILES string of the molecule is O=C(c1ccc2c(c1)CCC(N1CCCCC1)C2)N1CCC[C@H]1CN1CCCC1. The van der Waals surface area contributed by atoms with Gasteiger partial charge in [0.15, 0.2) is 0 Å². The first-order chi connectivity index (χ1) is 14.3. The number of amides is 1. The van der Waals surface area contributed by atoms with Crippen LogP contribution in [-0.2, 0) is 12.8 Å². The van der Waals surface area contributed by atoms with Crippen molar-refractivity contribution in [3.05, 3.63) is 34.9 Å². The average Bonchev–Trinajstić information content (AvgIpc) is 3.46. The maximum Gasteiger partial charge on any atom is 0.254 e. The lowest BCUT2D eigenvalue weighted by Gasteiger charge is -2.37. The Morgan fingerprint density at radius 3 is 2.48 bits per heavy atom. The Balaban J connectivity index is 1.25. The first-order valence-corrected chi connectivity index (χ1v) is 12.2. The molecule has 3 saturated heterocycles. The van der Waals surface area contributed by atoms with E-state index in [1.54, 1.807) is 0 Å². The second-order valence-corrected chi connectivity index (χ2v) is 9.78. The third-order valence-electron chi connectivity index (χ3n) is 7.87. The normalized spacial score (nSPS) is 28.6. The van der Waals surface area contributed by atoms with Gasteiger partial charge in [-0.15, -0.1) is 0 Å². The fraction of sp³-hybridized carbons (Fsp3) is 0.720. The number of likely N-dealkylation sites (tertiary alicyclic amines) is 3. The van der Waals surface area contributed by atoms with Crippen molar-refractivity contribution >= 4 is 5.91 Å². The molecule has 4 heteroatoms. The average molecular weight is 396 g/mol. The minimum absolute atomic E-state index is 0.271. The van der Waals surface area contributed by atoms with Gasteiger partial charge in [0, 0.05) is 30.7 Å². The molecule has 0 saturated carbocycles. The van der Waals surface area contributed by atoms with Gasteiger partial charge >= 0.3 is 0 Å². The number of aryl methyl sites for hydroxylation is 1. The number of rotatable bonds is 4. The van der Waals surface area contributed by atoms with E-state index in [0.29, 0.717) is 12.1 Å². The second kappa shape index (κ2) is 8.77. The number of piperidine rings is 1. The molecule has 1 unspecified atom stereocenters. The summed E-state index contributed by atoms with van der Waals surface area (Å²) in [7, 11) is 0. The van der Waals surface area contributed by atoms with Gasteiger partial charge in [-0.25, -0.2) is 0 Å². The van der Waals surface area contributed by atoms with Crippen LogP contribution in [-0.4, -0.2) is 72.0 Å². The first kappa shape index (κ1) is 19.6. The van der Waals surface area contributed by atoms with E-state index >= 15 is 0 Å². The molecule has 1 aromatic carbocycles. The molecule has 3 heterocycles. The van der Waals surface area contributed by atoms with Crippen molar-refractivity contribution < 1.29 is 4.79 Å². The molecular formula is C25H37N3O. The molecule has 29 heavy (non-hydrogen) atoms. The van der Waals surface area contributed by atoms with Crippen LogP contribution < -0.4 is 0 Å². The molecule has 4 aliphatic rings. The lowest BCUT2D eigenvalue weighted by molar-refractivity contribution is 0.0708. The maximum absolute atomic E-state index is 13.3. The Hall–Kier alpha value is -1.39. The van der Waals surface area contributed by atoms with Gasteiger partial charge in [-0.2, -0.15) is 0 Å². The third kappa shape index (κ3) is 4.25. The largest absolute Gasteiger partial charge is 0.334 e. The topological polar surface area (TPSA) is 26.8 Å². The highest BCUT2D eigenvalue weighted by Gasteiger charge is 2.32. The van der Waals surface area contributed by atoms with Gasteiger partial charge < -0.3 is 14.7 Å². The molecule has 1 aliphatic carbocycles. The summed E-state index contributed by atoms with van der Waals surface area (Å²) >= 11 is 0. The highest BCUT2D eigenvalue weighted by molar-refractivity contribution is 5.95. The van der Waals surface area contributed by atoms with Crippen LogP contribution in [0.4, 0.5) is 0 Å². The summed E-state index contributed by atoms with van der Waals surface area (Å²) in [6.45, 7) is 7.01. The quantitative estimate of drug-likeness (QED) is 0.777. The van der Waals surface area contributed by atoms with Crippen molar-refractivity contribution in [2.24, 2.45) is 0 Å². The summed E-state index contributed by atoms with van der Waals surface area (Å²) in [6.07, 6.45) is 12.7. The second-order valence-electron chi connectivity index (χ2n) is 9.78. The van der Waals surface area contributed by atoms with E-state index in [2.05, 4.69) is 32.9 Å². The zero-order valence-corrected chi connectivity index (χ0v) is 18.0. The number of carbonyl (C=O) groups is 1. The number of benzene rings is 1. The van der Waals surface area contributed by atoms with E-state index in [-0.39, 0.29) is 5.91 Å². The predicted octanol–water partition coefficient (Wildman–Crippen LogP) is 3.73. The summed E-state index contributed by atoms with van der Waals surface area (Å²) in [5.41, 5.74) is 3.84.